The van der Waals surface area contributed by atoms with Gasteiger partial charge in [0.15, 0.2) is 10.9 Å². The van der Waals surface area contributed by atoms with Crippen molar-refractivity contribution >= 4 is 17.7 Å². The highest BCUT2D eigenvalue weighted by molar-refractivity contribution is 7.98. The SMILES string of the molecule is CCCCC#Cc1cc(C(=O)OCC)nc(SC)n1. The number of carbonyl (C=O) groups excluding carboxylic acids is 1. The Kier molecular flexibility index (Phi) is 6.98. The second-order valence-electron chi connectivity index (χ2n) is 3.75. The summed E-state index contributed by atoms with van der Waals surface area (Å²) < 4.78 is 4.94. The maximum Gasteiger partial charge on any atom is 0.357 e. The van der Waals surface area contributed by atoms with Gasteiger partial charge in [-0.25, -0.2) is 14.8 Å². The van der Waals surface area contributed by atoms with Crippen molar-refractivity contribution in [3.8, 4) is 11.8 Å². The molecule has 0 unspecified atom stereocenters. The predicted octanol–water partition coefficient (Wildman–Crippen LogP) is 2.92. The first-order valence-corrected chi connectivity index (χ1v) is 7.52. The monoisotopic (exact) mass is 278 g/mol. The molecule has 1 aromatic heterocycles. The molecule has 0 atom stereocenters. The van der Waals surface area contributed by atoms with Gasteiger partial charge in [-0.3, -0.25) is 0 Å². The van der Waals surface area contributed by atoms with Crippen molar-refractivity contribution in [3.63, 3.8) is 0 Å². The highest BCUT2D eigenvalue weighted by Crippen LogP contribution is 2.11. The molecule has 0 N–H and O–H groups in total. The lowest BCUT2D eigenvalue weighted by molar-refractivity contribution is 0.0518. The van der Waals surface area contributed by atoms with E-state index in [1.54, 1.807) is 13.0 Å². The largest absolute Gasteiger partial charge is 0.461 e. The molecule has 0 radical (unpaired) electrons. The fraction of sp³-hybridized carbons (Fsp3) is 0.500. The summed E-state index contributed by atoms with van der Waals surface area (Å²) in [7, 11) is 0. The molecule has 0 aromatic carbocycles. The van der Waals surface area contributed by atoms with Gasteiger partial charge in [0.05, 0.1) is 6.61 Å². The summed E-state index contributed by atoms with van der Waals surface area (Å²) in [5.74, 6) is 5.59. The quantitative estimate of drug-likeness (QED) is 0.272. The summed E-state index contributed by atoms with van der Waals surface area (Å²) in [5.41, 5.74) is 0.833. The van der Waals surface area contributed by atoms with E-state index in [9.17, 15) is 4.79 Å². The van der Waals surface area contributed by atoms with E-state index in [0.717, 1.165) is 19.3 Å². The number of thioether (sulfide) groups is 1. The van der Waals surface area contributed by atoms with Crippen molar-refractivity contribution < 1.29 is 9.53 Å². The summed E-state index contributed by atoms with van der Waals surface area (Å²) in [4.78, 5) is 20.1. The average molecular weight is 278 g/mol. The number of hydrogen-bond donors (Lipinski definition) is 0. The summed E-state index contributed by atoms with van der Waals surface area (Å²) in [5, 5.41) is 0.533. The molecule has 102 valence electrons. The molecule has 4 nitrogen and oxygen atoms in total. The molecule has 0 amide bonds. The Morgan fingerprint density at radius 2 is 2.21 bits per heavy atom. The maximum atomic E-state index is 11.7. The number of rotatable bonds is 5. The van der Waals surface area contributed by atoms with Gasteiger partial charge in [0.1, 0.15) is 5.69 Å². The molecule has 0 fully saturated rings. The van der Waals surface area contributed by atoms with Crippen LogP contribution in [0.25, 0.3) is 0 Å². The van der Waals surface area contributed by atoms with Crippen LogP contribution in [0.1, 0.15) is 49.3 Å². The summed E-state index contributed by atoms with van der Waals surface area (Å²) in [6.45, 7) is 4.21. The van der Waals surface area contributed by atoms with Crippen molar-refractivity contribution in [3.05, 3.63) is 17.5 Å². The summed E-state index contributed by atoms with van der Waals surface area (Å²) >= 11 is 1.38. The van der Waals surface area contributed by atoms with Gasteiger partial charge >= 0.3 is 5.97 Å². The third-order valence-corrected chi connectivity index (χ3v) is 2.79. The minimum Gasteiger partial charge on any atom is -0.461 e. The zero-order chi connectivity index (χ0) is 14.1. The highest BCUT2D eigenvalue weighted by Gasteiger charge is 2.11. The minimum absolute atomic E-state index is 0.265. The highest BCUT2D eigenvalue weighted by atomic mass is 32.2. The van der Waals surface area contributed by atoms with Crippen molar-refractivity contribution in [1.82, 2.24) is 9.97 Å². The number of ether oxygens (including phenoxy) is 1. The fourth-order valence-corrected chi connectivity index (χ4v) is 1.69. The molecule has 19 heavy (non-hydrogen) atoms. The van der Waals surface area contributed by atoms with Gasteiger partial charge in [-0.1, -0.05) is 31.0 Å². The molecule has 5 heteroatoms. The van der Waals surface area contributed by atoms with Crippen LogP contribution >= 0.6 is 11.8 Å². The second kappa shape index (κ2) is 8.54. The second-order valence-corrected chi connectivity index (χ2v) is 4.52. The minimum atomic E-state index is -0.434. The van der Waals surface area contributed by atoms with E-state index in [0.29, 0.717) is 17.5 Å². The van der Waals surface area contributed by atoms with Crippen LogP contribution in [0.5, 0.6) is 0 Å². The zero-order valence-electron chi connectivity index (χ0n) is 11.5. The Hall–Kier alpha value is -1.54. The Morgan fingerprint density at radius 1 is 1.42 bits per heavy atom. The van der Waals surface area contributed by atoms with Crippen LogP contribution in [0.4, 0.5) is 0 Å². The topological polar surface area (TPSA) is 52.1 Å². The Morgan fingerprint density at radius 3 is 2.84 bits per heavy atom. The molecule has 0 saturated carbocycles. The molecule has 0 aliphatic heterocycles. The van der Waals surface area contributed by atoms with Gasteiger partial charge < -0.3 is 4.74 Å². The third-order valence-electron chi connectivity index (χ3n) is 2.24. The molecule has 1 rings (SSSR count). The molecular formula is C14H18N2O2S. The predicted molar refractivity (Wildman–Crippen MR) is 76.2 cm³/mol. The van der Waals surface area contributed by atoms with Crippen LogP contribution in [0, 0.1) is 11.8 Å². The summed E-state index contributed by atoms with van der Waals surface area (Å²) in [6.07, 6.45) is 4.88. The first-order valence-electron chi connectivity index (χ1n) is 6.30. The molecule has 0 bridgehead atoms. The molecule has 0 aliphatic rings. The van der Waals surface area contributed by atoms with E-state index in [2.05, 4.69) is 28.7 Å². The third kappa shape index (κ3) is 5.31. The molecular weight excluding hydrogens is 260 g/mol. The lowest BCUT2D eigenvalue weighted by atomic mass is 10.2. The molecule has 1 aromatic rings. The maximum absolute atomic E-state index is 11.7. The van der Waals surface area contributed by atoms with Gasteiger partial charge in [-0.2, -0.15) is 0 Å². The van der Waals surface area contributed by atoms with E-state index in [1.807, 2.05) is 6.26 Å². The van der Waals surface area contributed by atoms with Gasteiger partial charge in [-0.15, -0.1) is 0 Å². The lowest BCUT2D eigenvalue weighted by Crippen LogP contribution is -2.09. The van der Waals surface area contributed by atoms with Crippen LogP contribution in [-0.2, 0) is 4.74 Å². The van der Waals surface area contributed by atoms with Crippen LogP contribution in [0.15, 0.2) is 11.2 Å². The van der Waals surface area contributed by atoms with E-state index in [4.69, 9.17) is 4.74 Å². The lowest BCUT2D eigenvalue weighted by Gasteiger charge is -2.03. The van der Waals surface area contributed by atoms with Crippen LogP contribution in [-0.4, -0.2) is 28.8 Å². The average Bonchev–Trinajstić information content (AvgIpc) is 2.43. The summed E-state index contributed by atoms with van der Waals surface area (Å²) in [6, 6.07) is 1.58. The van der Waals surface area contributed by atoms with E-state index in [-0.39, 0.29) is 5.69 Å². The normalized spacial score (nSPS) is 9.63. The Balaban J connectivity index is 2.94. The smallest absolute Gasteiger partial charge is 0.357 e. The molecule has 0 saturated heterocycles. The first kappa shape index (κ1) is 15.5. The zero-order valence-corrected chi connectivity index (χ0v) is 12.3. The van der Waals surface area contributed by atoms with E-state index >= 15 is 0 Å². The number of unbranched alkanes of at least 4 members (excludes halogenated alkanes) is 2. The van der Waals surface area contributed by atoms with Crippen molar-refractivity contribution in [2.75, 3.05) is 12.9 Å². The number of hydrogen-bond acceptors (Lipinski definition) is 5. The molecule has 0 spiro atoms. The van der Waals surface area contributed by atoms with Gasteiger partial charge in [0, 0.05) is 12.5 Å². The van der Waals surface area contributed by atoms with Gasteiger partial charge in [0.25, 0.3) is 0 Å². The standard InChI is InChI=1S/C14H18N2O2S/c1-4-6-7-8-9-11-10-12(13(17)18-5-2)16-14(15-11)19-3/h10H,4-7H2,1-3H3. The molecule has 1 heterocycles. The van der Waals surface area contributed by atoms with Crippen molar-refractivity contribution in [2.45, 2.75) is 38.3 Å². The van der Waals surface area contributed by atoms with E-state index < -0.39 is 5.97 Å². The van der Waals surface area contributed by atoms with Gasteiger partial charge in [-0.05, 0) is 25.5 Å². The fourth-order valence-electron chi connectivity index (χ4n) is 1.31. The Bertz CT molecular complexity index is 492. The Labute approximate surface area is 118 Å². The number of carbonyl (C=O) groups is 1. The van der Waals surface area contributed by atoms with Crippen LogP contribution in [0.2, 0.25) is 0 Å². The number of nitrogens with zero attached hydrogens (tertiary/aromatic N) is 2. The molecule has 0 aliphatic carbocycles. The van der Waals surface area contributed by atoms with Crippen molar-refractivity contribution in [1.29, 1.82) is 0 Å². The first-order chi connectivity index (χ1) is 9.21. The van der Waals surface area contributed by atoms with Gasteiger partial charge in [0.2, 0.25) is 0 Å². The number of aromatic nitrogens is 2. The van der Waals surface area contributed by atoms with Crippen molar-refractivity contribution in [2.24, 2.45) is 0 Å². The number of esters is 1. The van der Waals surface area contributed by atoms with Crippen LogP contribution in [0.3, 0.4) is 0 Å². The van der Waals surface area contributed by atoms with Crippen LogP contribution < -0.4 is 0 Å². The van der Waals surface area contributed by atoms with E-state index in [1.165, 1.54) is 11.8 Å².